The highest BCUT2D eigenvalue weighted by molar-refractivity contribution is 5.37. The molecule has 1 fully saturated rings. The molecule has 0 amide bonds. The van der Waals surface area contributed by atoms with Gasteiger partial charge in [0.05, 0.1) is 0 Å². The van der Waals surface area contributed by atoms with Gasteiger partial charge < -0.3 is 4.74 Å². The van der Waals surface area contributed by atoms with Gasteiger partial charge in [-0.2, -0.15) is 0 Å². The number of anilines is 1. The van der Waals surface area contributed by atoms with Crippen LogP contribution in [0.25, 0.3) is 0 Å². The zero-order valence-corrected chi connectivity index (χ0v) is 12.4. The Balaban J connectivity index is 1.32. The van der Waals surface area contributed by atoms with Crippen molar-refractivity contribution < 1.29 is 4.74 Å². The molecular weight excluding hydrogens is 278 g/mol. The molecule has 1 N–H and O–H groups in total. The summed E-state index contributed by atoms with van der Waals surface area (Å²) in [4.78, 5) is 10.8. The van der Waals surface area contributed by atoms with E-state index in [0.29, 0.717) is 5.95 Å². The Bertz CT molecular complexity index is 602. The number of aromatic nitrogens is 2. The highest BCUT2D eigenvalue weighted by Crippen LogP contribution is 2.29. The molecule has 2 aliphatic heterocycles. The maximum absolute atomic E-state index is 6.06. The molecule has 4 rings (SSSR count). The lowest BCUT2D eigenvalue weighted by Crippen LogP contribution is -2.53. The molecule has 0 aliphatic carbocycles. The molecule has 22 heavy (non-hydrogen) atoms. The molecule has 2 aliphatic rings. The average molecular weight is 297 g/mol. The molecule has 3 heterocycles. The number of hydrazine groups is 1. The van der Waals surface area contributed by atoms with E-state index in [2.05, 4.69) is 43.5 Å². The van der Waals surface area contributed by atoms with Gasteiger partial charge in [-0.25, -0.2) is 15.0 Å². The molecule has 1 atom stereocenters. The standard InChI is InChI=1S/C16H19N5O/c1-2-5-14-13(4-1)12-15(22-14)20-8-10-21(11-9-20)19-16-17-6-3-7-18-16/h1-7,15H,8-12H2,(H,17,18,19). The Labute approximate surface area is 129 Å². The third kappa shape index (κ3) is 2.75. The molecule has 0 bridgehead atoms. The van der Waals surface area contributed by atoms with Crippen molar-refractivity contribution in [3.05, 3.63) is 48.3 Å². The van der Waals surface area contributed by atoms with Crippen LogP contribution in [-0.4, -0.2) is 52.3 Å². The zero-order valence-electron chi connectivity index (χ0n) is 12.4. The second-order valence-electron chi connectivity index (χ2n) is 5.59. The van der Waals surface area contributed by atoms with Crippen LogP contribution in [0.15, 0.2) is 42.7 Å². The molecule has 1 aromatic heterocycles. The van der Waals surface area contributed by atoms with Gasteiger partial charge in [-0.05, 0) is 17.7 Å². The Morgan fingerprint density at radius 3 is 2.55 bits per heavy atom. The highest BCUT2D eigenvalue weighted by atomic mass is 16.5. The number of hydrogen-bond acceptors (Lipinski definition) is 6. The monoisotopic (exact) mass is 297 g/mol. The fraction of sp³-hybridized carbons (Fsp3) is 0.375. The Morgan fingerprint density at radius 1 is 1.00 bits per heavy atom. The van der Waals surface area contributed by atoms with Gasteiger partial charge >= 0.3 is 0 Å². The van der Waals surface area contributed by atoms with E-state index in [-0.39, 0.29) is 6.23 Å². The molecule has 1 saturated heterocycles. The number of nitrogens with one attached hydrogen (secondary N) is 1. The van der Waals surface area contributed by atoms with Crippen molar-refractivity contribution in [2.75, 3.05) is 31.6 Å². The molecule has 1 unspecified atom stereocenters. The van der Waals surface area contributed by atoms with Crippen molar-refractivity contribution in [3.8, 4) is 5.75 Å². The summed E-state index contributed by atoms with van der Waals surface area (Å²) in [5.41, 5.74) is 4.56. The smallest absolute Gasteiger partial charge is 0.237 e. The highest BCUT2D eigenvalue weighted by Gasteiger charge is 2.30. The first-order chi connectivity index (χ1) is 10.9. The summed E-state index contributed by atoms with van der Waals surface area (Å²) < 4.78 is 6.06. The lowest BCUT2D eigenvalue weighted by molar-refractivity contribution is 0.0106. The summed E-state index contributed by atoms with van der Waals surface area (Å²) >= 11 is 0. The molecule has 1 aromatic carbocycles. The molecule has 6 heteroatoms. The minimum atomic E-state index is 0.174. The van der Waals surface area contributed by atoms with Crippen molar-refractivity contribution in [3.63, 3.8) is 0 Å². The van der Waals surface area contributed by atoms with Crippen LogP contribution in [0, 0.1) is 0 Å². The molecule has 6 nitrogen and oxygen atoms in total. The quantitative estimate of drug-likeness (QED) is 0.924. The van der Waals surface area contributed by atoms with E-state index in [1.54, 1.807) is 12.4 Å². The number of para-hydroxylation sites is 1. The van der Waals surface area contributed by atoms with Gasteiger partial charge in [0.15, 0.2) is 6.23 Å². The number of nitrogens with zero attached hydrogens (tertiary/aromatic N) is 4. The molecule has 0 radical (unpaired) electrons. The number of hydrogen-bond donors (Lipinski definition) is 1. The normalized spacial score (nSPS) is 22.1. The number of rotatable bonds is 3. The first-order valence-electron chi connectivity index (χ1n) is 7.66. The van der Waals surface area contributed by atoms with Gasteiger partial charge in [0.1, 0.15) is 5.75 Å². The van der Waals surface area contributed by atoms with Gasteiger partial charge in [0, 0.05) is 45.0 Å². The topological polar surface area (TPSA) is 53.5 Å². The van der Waals surface area contributed by atoms with Crippen LogP contribution in [0.1, 0.15) is 5.56 Å². The minimum absolute atomic E-state index is 0.174. The fourth-order valence-electron chi connectivity index (χ4n) is 2.99. The van der Waals surface area contributed by atoms with E-state index in [4.69, 9.17) is 4.74 Å². The van der Waals surface area contributed by atoms with E-state index in [9.17, 15) is 0 Å². The second-order valence-corrected chi connectivity index (χ2v) is 5.59. The number of ether oxygens (including phenoxy) is 1. The third-order valence-corrected chi connectivity index (χ3v) is 4.18. The summed E-state index contributed by atoms with van der Waals surface area (Å²) in [6.45, 7) is 3.79. The van der Waals surface area contributed by atoms with E-state index < -0.39 is 0 Å². The van der Waals surface area contributed by atoms with Crippen LogP contribution in [0.4, 0.5) is 5.95 Å². The first-order valence-corrected chi connectivity index (χ1v) is 7.66. The van der Waals surface area contributed by atoms with Crippen LogP contribution in [0.3, 0.4) is 0 Å². The lowest BCUT2D eigenvalue weighted by Gasteiger charge is -2.37. The maximum atomic E-state index is 6.06. The number of benzene rings is 1. The first kappa shape index (κ1) is 13.5. The van der Waals surface area contributed by atoms with E-state index >= 15 is 0 Å². The Morgan fingerprint density at radius 2 is 1.77 bits per heavy atom. The predicted molar refractivity (Wildman–Crippen MR) is 83.4 cm³/mol. The molecule has 114 valence electrons. The Kier molecular flexibility index (Phi) is 3.62. The maximum Gasteiger partial charge on any atom is 0.237 e. The summed E-state index contributed by atoms with van der Waals surface area (Å²) in [6, 6.07) is 10.1. The predicted octanol–water partition coefficient (Wildman–Crippen LogP) is 1.38. The SMILES string of the molecule is c1cnc(NN2CCN(C3Cc4ccccc4O3)CC2)nc1. The largest absolute Gasteiger partial charge is 0.474 e. The summed E-state index contributed by atoms with van der Waals surface area (Å²) in [5.74, 6) is 1.69. The van der Waals surface area contributed by atoms with Gasteiger partial charge in [-0.15, -0.1) is 0 Å². The van der Waals surface area contributed by atoms with Crippen molar-refractivity contribution in [1.29, 1.82) is 0 Å². The van der Waals surface area contributed by atoms with Crippen molar-refractivity contribution >= 4 is 5.95 Å². The van der Waals surface area contributed by atoms with Gasteiger partial charge in [0.2, 0.25) is 5.95 Å². The third-order valence-electron chi connectivity index (χ3n) is 4.18. The van der Waals surface area contributed by atoms with Crippen LogP contribution in [0.2, 0.25) is 0 Å². The molecule has 0 spiro atoms. The Hall–Kier alpha value is -2.18. The van der Waals surface area contributed by atoms with Crippen molar-refractivity contribution in [2.24, 2.45) is 0 Å². The molecule has 2 aromatic rings. The van der Waals surface area contributed by atoms with Crippen LogP contribution < -0.4 is 10.2 Å². The van der Waals surface area contributed by atoms with Gasteiger partial charge in [-0.1, -0.05) is 18.2 Å². The number of fused-ring (bicyclic) bond motifs is 1. The van der Waals surface area contributed by atoms with Crippen LogP contribution in [0.5, 0.6) is 5.75 Å². The molecule has 0 saturated carbocycles. The fourth-order valence-corrected chi connectivity index (χ4v) is 2.99. The van der Waals surface area contributed by atoms with Crippen molar-refractivity contribution in [1.82, 2.24) is 19.9 Å². The average Bonchev–Trinajstić information content (AvgIpc) is 3.00. The molecular formula is C16H19N5O. The van der Waals surface area contributed by atoms with Gasteiger partial charge in [-0.3, -0.25) is 10.3 Å². The van der Waals surface area contributed by atoms with Crippen molar-refractivity contribution in [2.45, 2.75) is 12.6 Å². The summed E-state index contributed by atoms with van der Waals surface area (Å²) in [5, 5.41) is 2.16. The second kappa shape index (κ2) is 5.90. The lowest BCUT2D eigenvalue weighted by atomic mass is 10.1. The van der Waals surface area contributed by atoms with Crippen LogP contribution >= 0.6 is 0 Å². The minimum Gasteiger partial charge on any atom is -0.474 e. The van der Waals surface area contributed by atoms with E-state index in [1.807, 2.05) is 12.1 Å². The van der Waals surface area contributed by atoms with E-state index in [0.717, 1.165) is 38.3 Å². The zero-order chi connectivity index (χ0) is 14.8. The summed E-state index contributed by atoms with van der Waals surface area (Å²) in [6.07, 6.45) is 4.64. The summed E-state index contributed by atoms with van der Waals surface area (Å²) in [7, 11) is 0. The number of piperazine rings is 1. The van der Waals surface area contributed by atoms with Gasteiger partial charge in [0.25, 0.3) is 0 Å². The van der Waals surface area contributed by atoms with E-state index in [1.165, 1.54) is 5.56 Å². The van der Waals surface area contributed by atoms with Crippen LogP contribution in [-0.2, 0) is 6.42 Å².